The molecule has 0 spiro atoms. The number of urea groups is 1. The van der Waals surface area contributed by atoms with Crippen molar-refractivity contribution >= 4 is 17.6 Å². The largest absolute Gasteiger partial charge is 0.352 e. The Hall–Kier alpha value is -3.74. The lowest BCUT2D eigenvalue weighted by molar-refractivity contribution is -0.126. The van der Waals surface area contributed by atoms with E-state index < -0.39 is 5.92 Å². The second kappa shape index (κ2) is 10.5. The van der Waals surface area contributed by atoms with Gasteiger partial charge in [-0.25, -0.2) is 13.6 Å². The molecule has 0 radical (unpaired) electrons. The Morgan fingerprint density at radius 2 is 1.76 bits per heavy atom. The van der Waals surface area contributed by atoms with Crippen LogP contribution < -0.4 is 10.6 Å². The fourth-order valence-electron chi connectivity index (χ4n) is 4.32. The fourth-order valence-corrected chi connectivity index (χ4v) is 4.32. The van der Waals surface area contributed by atoms with Crippen LogP contribution >= 0.6 is 0 Å². The number of halogens is 2. The van der Waals surface area contributed by atoms with Crippen molar-refractivity contribution in [2.45, 2.75) is 25.8 Å². The molecule has 1 fully saturated rings. The van der Waals surface area contributed by atoms with Gasteiger partial charge in [0.1, 0.15) is 11.6 Å². The summed E-state index contributed by atoms with van der Waals surface area (Å²) in [7, 11) is 0. The van der Waals surface area contributed by atoms with E-state index in [1.807, 2.05) is 18.2 Å². The Balaban J connectivity index is 1.51. The van der Waals surface area contributed by atoms with Gasteiger partial charge in [0.2, 0.25) is 5.91 Å². The third-order valence-electron chi connectivity index (χ3n) is 6.14. The van der Waals surface area contributed by atoms with Crippen molar-refractivity contribution in [2.24, 2.45) is 5.92 Å². The van der Waals surface area contributed by atoms with E-state index in [0.717, 1.165) is 5.56 Å². The van der Waals surface area contributed by atoms with Crippen molar-refractivity contribution in [2.75, 3.05) is 18.4 Å². The van der Waals surface area contributed by atoms with E-state index in [2.05, 4.69) is 10.6 Å². The number of piperidine rings is 1. The van der Waals surface area contributed by atoms with Gasteiger partial charge in [0.25, 0.3) is 0 Å². The molecule has 1 saturated heterocycles. The maximum atomic E-state index is 13.8. The Morgan fingerprint density at radius 1 is 0.971 bits per heavy atom. The van der Waals surface area contributed by atoms with Crippen LogP contribution in [-0.2, 0) is 11.3 Å². The number of likely N-dealkylation sites (tertiary alicyclic amines) is 1. The number of carbonyl (C=O) groups excluding carboxylic acids is 2. The maximum absolute atomic E-state index is 13.8. The predicted molar refractivity (Wildman–Crippen MR) is 127 cm³/mol. The molecule has 0 aliphatic carbocycles. The molecule has 2 unspecified atom stereocenters. The highest BCUT2D eigenvalue weighted by Crippen LogP contribution is 2.32. The van der Waals surface area contributed by atoms with Crippen LogP contribution in [0, 0.1) is 24.5 Å². The van der Waals surface area contributed by atoms with Gasteiger partial charge >= 0.3 is 6.03 Å². The molecule has 1 heterocycles. The summed E-state index contributed by atoms with van der Waals surface area (Å²) in [4.78, 5) is 27.7. The van der Waals surface area contributed by atoms with Crippen molar-refractivity contribution in [3.63, 3.8) is 0 Å². The molecule has 3 aromatic rings. The molecular formula is C27H27F2N3O2. The molecule has 2 N–H and O–H groups in total. The van der Waals surface area contributed by atoms with Gasteiger partial charge in [-0.05, 0) is 60.4 Å². The first kappa shape index (κ1) is 23.4. The zero-order chi connectivity index (χ0) is 24.1. The highest BCUT2D eigenvalue weighted by atomic mass is 19.1. The van der Waals surface area contributed by atoms with Gasteiger partial charge in [-0.15, -0.1) is 0 Å². The molecule has 0 aromatic heterocycles. The quantitative estimate of drug-likeness (QED) is 0.545. The predicted octanol–water partition coefficient (Wildman–Crippen LogP) is 5.23. The molecule has 1 aliphatic heterocycles. The Kier molecular flexibility index (Phi) is 7.21. The number of nitrogens with zero attached hydrogens (tertiary/aromatic N) is 1. The van der Waals surface area contributed by atoms with Gasteiger partial charge in [0.05, 0.1) is 5.92 Å². The van der Waals surface area contributed by atoms with Crippen LogP contribution in [0.3, 0.4) is 0 Å². The number of benzene rings is 3. The Morgan fingerprint density at radius 3 is 2.50 bits per heavy atom. The van der Waals surface area contributed by atoms with E-state index in [9.17, 15) is 18.4 Å². The summed E-state index contributed by atoms with van der Waals surface area (Å²) in [5, 5.41) is 5.75. The zero-order valence-electron chi connectivity index (χ0n) is 18.9. The summed E-state index contributed by atoms with van der Waals surface area (Å²) in [6.07, 6.45) is 0.523. The summed E-state index contributed by atoms with van der Waals surface area (Å²) < 4.78 is 27.3. The number of amides is 3. The van der Waals surface area contributed by atoms with Gasteiger partial charge in [-0.2, -0.15) is 0 Å². The lowest BCUT2D eigenvalue weighted by Gasteiger charge is -2.37. The first-order chi connectivity index (χ1) is 16.4. The molecule has 176 valence electrons. The monoisotopic (exact) mass is 463 g/mol. The van der Waals surface area contributed by atoms with Gasteiger partial charge in [0, 0.05) is 31.2 Å². The number of nitrogens with one attached hydrogen (secondary N) is 2. The average molecular weight is 464 g/mol. The van der Waals surface area contributed by atoms with Crippen molar-refractivity contribution < 1.29 is 18.4 Å². The van der Waals surface area contributed by atoms with E-state index in [1.165, 1.54) is 18.2 Å². The van der Waals surface area contributed by atoms with Gasteiger partial charge in [0.15, 0.2) is 0 Å². The van der Waals surface area contributed by atoms with Crippen molar-refractivity contribution in [3.05, 3.63) is 101 Å². The zero-order valence-corrected chi connectivity index (χ0v) is 18.9. The van der Waals surface area contributed by atoms with Crippen molar-refractivity contribution in [1.29, 1.82) is 0 Å². The molecular weight excluding hydrogens is 436 g/mol. The van der Waals surface area contributed by atoms with Crippen molar-refractivity contribution in [1.82, 2.24) is 10.2 Å². The van der Waals surface area contributed by atoms with Crippen LogP contribution in [0.15, 0.2) is 72.8 Å². The van der Waals surface area contributed by atoms with E-state index in [0.29, 0.717) is 29.8 Å². The normalized spacial score (nSPS) is 17.8. The molecule has 5 nitrogen and oxygen atoms in total. The Bertz CT molecular complexity index is 1170. The first-order valence-electron chi connectivity index (χ1n) is 11.3. The smallest absolute Gasteiger partial charge is 0.321 e. The van der Waals surface area contributed by atoms with Gasteiger partial charge < -0.3 is 15.5 Å². The molecule has 2 atom stereocenters. The Labute approximate surface area is 197 Å². The minimum Gasteiger partial charge on any atom is -0.352 e. The number of para-hydroxylation sites is 1. The van der Waals surface area contributed by atoms with Crippen LogP contribution in [0.2, 0.25) is 0 Å². The summed E-state index contributed by atoms with van der Waals surface area (Å²) in [5.41, 5.74) is 2.74. The number of rotatable bonds is 5. The fraction of sp³-hybridized carbons (Fsp3) is 0.259. The number of aryl methyl sites for hydroxylation is 1. The van der Waals surface area contributed by atoms with E-state index in [-0.39, 0.29) is 42.6 Å². The van der Waals surface area contributed by atoms with Crippen LogP contribution in [0.5, 0.6) is 0 Å². The standard InChI is InChI=1S/C27H27F2N3O2/c1-18-12-20(10-11-25(18)29)21-14-22(26(33)30-15-19-6-5-7-23(28)13-19)17-32(16-21)27(34)31-24-8-3-2-4-9-24/h2-13,21-22H,14-17H2,1H3,(H,30,33)(H,31,34). The lowest BCUT2D eigenvalue weighted by atomic mass is 9.83. The van der Waals surface area contributed by atoms with Crippen LogP contribution in [0.4, 0.5) is 19.3 Å². The van der Waals surface area contributed by atoms with Crippen LogP contribution in [-0.4, -0.2) is 29.9 Å². The highest BCUT2D eigenvalue weighted by molar-refractivity contribution is 5.90. The highest BCUT2D eigenvalue weighted by Gasteiger charge is 2.34. The third kappa shape index (κ3) is 5.78. The number of carbonyl (C=O) groups is 2. The first-order valence-corrected chi connectivity index (χ1v) is 11.3. The van der Waals surface area contributed by atoms with Crippen molar-refractivity contribution in [3.8, 4) is 0 Å². The molecule has 3 aromatic carbocycles. The minimum atomic E-state index is -0.459. The van der Waals surface area contributed by atoms with Gasteiger partial charge in [-0.3, -0.25) is 4.79 Å². The molecule has 4 rings (SSSR count). The maximum Gasteiger partial charge on any atom is 0.321 e. The summed E-state index contributed by atoms with van der Waals surface area (Å²) in [6.45, 7) is 2.57. The number of anilines is 1. The lowest BCUT2D eigenvalue weighted by Crippen LogP contribution is -2.49. The SMILES string of the molecule is Cc1cc(C2CC(C(=O)NCc3cccc(F)c3)CN(C(=O)Nc3ccccc3)C2)ccc1F. The number of hydrogen-bond donors (Lipinski definition) is 2. The second-order valence-electron chi connectivity index (χ2n) is 8.69. The number of hydrogen-bond acceptors (Lipinski definition) is 2. The average Bonchev–Trinajstić information content (AvgIpc) is 2.84. The molecule has 3 amide bonds. The summed E-state index contributed by atoms with van der Waals surface area (Å²) in [6, 6.07) is 19.8. The summed E-state index contributed by atoms with van der Waals surface area (Å²) in [5.74, 6) is -1.44. The molecule has 0 saturated carbocycles. The molecule has 0 bridgehead atoms. The van der Waals surface area contributed by atoms with E-state index in [1.54, 1.807) is 48.2 Å². The third-order valence-corrected chi connectivity index (χ3v) is 6.14. The van der Waals surface area contributed by atoms with Crippen LogP contribution in [0.25, 0.3) is 0 Å². The summed E-state index contributed by atoms with van der Waals surface area (Å²) >= 11 is 0. The van der Waals surface area contributed by atoms with E-state index >= 15 is 0 Å². The van der Waals surface area contributed by atoms with Crippen LogP contribution in [0.1, 0.15) is 29.0 Å². The van der Waals surface area contributed by atoms with E-state index in [4.69, 9.17) is 0 Å². The molecule has 1 aliphatic rings. The molecule has 7 heteroatoms. The minimum absolute atomic E-state index is 0.125. The topological polar surface area (TPSA) is 61.4 Å². The second-order valence-corrected chi connectivity index (χ2v) is 8.69. The molecule has 34 heavy (non-hydrogen) atoms. The van der Waals surface area contributed by atoms with Gasteiger partial charge in [-0.1, -0.05) is 42.5 Å².